The fraction of sp³-hybridized carbons (Fsp3) is 0.958. The van der Waals surface area contributed by atoms with Gasteiger partial charge in [0.1, 0.15) is 92.6 Å². The summed E-state index contributed by atoms with van der Waals surface area (Å²) in [5.74, 6) is -1.63. The van der Waals surface area contributed by atoms with Crippen LogP contribution in [0.5, 0.6) is 0 Å². The Morgan fingerprint density at radius 2 is 0.615 bits per heavy atom. The van der Waals surface area contributed by atoms with Gasteiger partial charge in [-0.1, -0.05) is 395 Å². The maximum Gasteiger partial charge on any atom is 0.472 e. The summed E-state index contributed by atoms with van der Waals surface area (Å²) >= 11 is 0. The van der Waals surface area contributed by atoms with E-state index in [-0.39, 0.29) is 25.7 Å². The molecule has 0 radical (unpaired) electrons. The fourth-order valence-corrected chi connectivity index (χ4v) is 18.0. The molecule has 0 aromatic heterocycles. The van der Waals surface area contributed by atoms with Crippen LogP contribution in [0.15, 0.2) is 0 Å². The molecule has 25 nitrogen and oxygen atoms in total. The number of ether oxygens (including phenoxy) is 8. The summed E-state index contributed by atoms with van der Waals surface area (Å²) in [6, 6.07) is 0. The summed E-state index contributed by atoms with van der Waals surface area (Å²) in [6.45, 7) is 10.3. The predicted octanol–water partition coefficient (Wildman–Crippen LogP) is 19.4. The normalized spacial score (nSPS) is 25.0. The largest absolute Gasteiger partial charge is 0.472 e. The maximum atomic E-state index is 15.0. The molecule has 0 aromatic rings. The molecule has 0 amide bonds. The molecule has 0 bridgehead atoms. The van der Waals surface area contributed by atoms with E-state index in [0.717, 1.165) is 128 Å². The second-order valence-electron chi connectivity index (χ2n) is 36.6. The lowest BCUT2D eigenvalue weighted by Crippen LogP contribution is -2.70. The van der Waals surface area contributed by atoms with Gasteiger partial charge in [0.25, 0.3) is 0 Å². The molecule has 0 spiro atoms. The highest BCUT2D eigenvalue weighted by Crippen LogP contribution is 2.49. The minimum absolute atomic E-state index is 0.0168. The summed E-state index contributed by atoms with van der Waals surface area (Å²) < 4.78 is 73.7. The highest BCUT2D eigenvalue weighted by molar-refractivity contribution is 7.47. The highest BCUT2D eigenvalue weighted by atomic mass is 31.2. The van der Waals surface area contributed by atoms with Crippen LogP contribution < -0.4 is 0 Å². The van der Waals surface area contributed by atoms with Gasteiger partial charge in [0.05, 0.1) is 13.2 Å². The quantitative estimate of drug-likeness (QED) is 0.0117. The Morgan fingerprint density at radius 1 is 0.320 bits per heavy atom. The van der Waals surface area contributed by atoms with Gasteiger partial charge in [-0.15, -0.1) is 0 Å². The van der Waals surface area contributed by atoms with Crippen molar-refractivity contribution in [1.29, 1.82) is 0 Å². The van der Waals surface area contributed by atoms with E-state index in [1.54, 1.807) is 0 Å². The maximum absolute atomic E-state index is 15.0. The highest BCUT2D eigenvalue weighted by Gasteiger charge is 2.60. The van der Waals surface area contributed by atoms with Crippen LogP contribution in [0.4, 0.5) is 0 Å². The van der Waals surface area contributed by atoms with Crippen molar-refractivity contribution >= 4 is 31.7 Å². The third-order valence-corrected chi connectivity index (χ3v) is 26.1. The lowest BCUT2D eigenvalue weighted by atomic mass is 9.84. The van der Waals surface area contributed by atoms with Crippen LogP contribution in [0.25, 0.3) is 0 Å². The second-order valence-corrected chi connectivity index (χ2v) is 38.0. The van der Waals surface area contributed by atoms with Crippen molar-refractivity contribution in [3.05, 3.63) is 0 Å². The average molecular weight is 1770 g/mol. The zero-order chi connectivity index (χ0) is 89.2. The molecule has 1 aliphatic carbocycles. The van der Waals surface area contributed by atoms with E-state index < -0.39 is 162 Å². The number of esters is 4. The van der Waals surface area contributed by atoms with Gasteiger partial charge in [-0.05, 0) is 37.5 Å². The van der Waals surface area contributed by atoms with Crippen LogP contribution in [0.1, 0.15) is 446 Å². The molecule has 20 atom stereocenters. The van der Waals surface area contributed by atoms with E-state index >= 15 is 0 Å². The van der Waals surface area contributed by atoms with E-state index in [2.05, 4.69) is 41.5 Å². The van der Waals surface area contributed by atoms with Crippen molar-refractivity contribution in [2.75, 3.05) is 26.4 Å². The van der Waals surface area contributed by atoms with Gasteiger partial charge in [-0.3, -0.25) is 28.2 Å². The van der Waals surface area contributed by atoms with E-state index in [1.807, 2.05) is 0 Å². The van der Waals surface area contributed by atoms with Gasteiger partial charge in [-0.25, -0.2) is 4.57 Å². The summed E-state index contributed by atoms with van der Waals surface area (Å²) in [5, 5.41) is 103. The number of phosphoric ester groups is 1. The van der Waals surface area contributed by atoms with Gasteiger partial charge >= 0.3 is 31.7 Å². The van der Waals surface area contributed by atoms with E-state index in [1.165, 1.54) is 218 Å². The zero-order valence-corrected chi connectivity index (χ0v) is 78.3. The number of carbonyl (C=O) groups excluding carboxylic acids is 4. The average Bonchev–Trinajstić information content (AvgIpc) is 0.753. The zero-order valence-electron chi connectivity index (χ0n) is 77.4. The van der Waals surface area contributed by atoms with Crippen LogP contribution >= 0.6 is 7.82 Å². The Morgan fingerprint density at radius 3 is 0.975 bits per heavy atom. The third-order valence-electron chi connectivity index (χ3n) is 25.2. The van der Waals surface area contributed by atoms with Gasteiger partial charge in [0, 0.05) is 25.7 Å². The molecule has 0 aromatic carbocycles. The van der Waals surface area contributed by atoms with Crippen LogP contribution in [-0.2, 0) is 70.7 Å². The summed E-state index contributed by atoms with van der Waals surface area (Å²) in [7, 11) is -5.81. The standard InChI is InChI=1S/C96H181O25P/c1-7-11-15-19-23-25-27-29-31-33-34-36-38-40-50-58-66-79(98)112-71-76(115-81(100)68-60-52-41-39-37-35-32-30-28-26-24-20-16-12-8-2)72-114-122(110,111)121-94-92(119-95-89(108)85(104)83(102)77(70-97)116-95)88(107)87(106)91(118-82(101)69-61-53-45-43-49-57-65-75(6)63-55-47-22-18-14-10-4)93(94)120-96-90(109)86(105)84(103)78(117-96)73-113-80(99)67-59-51-44-42-48-56-64-74(5)62-54-46-21-17-13-9-3/h74-78,83-97,102-109H,7-73H2,1-6H3,(H,110,111). The first-order chi connectivity index (χ1) is 59.0. The molecule has 2 saturated heterocycles. The number of aliphatic hydroxyl groups is 9. The molecule has 3 rings (SSSR count). The first-order valence-corrected chi connectivity index (χ1v) is 51.5. The molecule has 2 aliphatic heterocycles. The first kappa shape index (κ1) is 114. The molecule has 122 heavy (non-hydrogen) atoms. The molecular weight excluding hydrogens is 1580 g/mol. The van der Waals surface area contributed by atoms with E-state index in [0.29, 0.717) is 43.9 Å². The third kappa shape index (κ3) is 53.0. The van der Waals surface area contributed by atoms with Gasteiger partial charge in [-0.2, -0.15) is 0 Å². The number of rotatable bonds is 81. The van der Waals surface area contributed by atoms with Crippen molar-refractivity contribution < 1.29 is 122 Å². The summed E-state index contributed by atoms with van der Waals surface area (Å²) in [4.78, 5) is 66.7. The minimum atomic E-state index is -5.81. The molecule has 20 unspecified atom stereocenters. The predicted molar refractivity (Wildman–Crippen MR) is 476 cm³/mol. The molecular formula is C96H181O25P. The minimum Gasteiger partial charge on any atom is -0.463 e. The summed E-state index contributed by atoms with van der Waals surface area (Å²) in [6.07, 6.45) is 29.3. The number of carbonyl (C=O) groups is 4. The number of aliphatic hydroxyl groups excluding tert-OH is 9. The molecule has 3 fully saturated rings. The van der Waals surface area contributed by atoms with Crippen molar-refractivity contribution in [2.24, 2.45) is 11.8 Å². The van der Waals surface area contributed by atoms with Crippen LogP contribution in [-0.4, -0.2) is 205 Å². The summed E-state index contributed by atoms with van der Waals surface area (Å²) in [5.41, 5.74) is 0. The lowest BCUT2D eigenvalue weighted by molar-refractivity contribution is -0.360. The Balaban J connectivity index is 1.91. The molecule has 1 saturated carbocycles. The molecule has 720 valence electrons. The molecule has 10 N–H and O–H groups in total. The molecule has 2 heterocycles. The van der Waals surface area contributed by atoms with E-state index in [9.17, 15) is 74.6 Å². The topological polar surface area (TPSA) is 380 Å². The Hall–Kier alpha value is -2.53. The number of phosphoric acid groups is 1. The number of hydrogen-bond donors (Lipinski definition) is 10. The van der Waals surface area contributed by atoms with Crippen molar-refractivity contribution in [2.45, 2.75) is 550 Å². The number of hydrogen-bond acceptors (Lipinski definition) is 24. The van der Waals surface area contributed by atoms with Gasteiger partial charge in [0.15, 0.2) is 24.8 Å². The van der Waals surface area contributed by atoms with Crippen LogP contribution in [0, 0.1) is 11.8 Å². The molecule has 26 heteroatoms. The van der Waals surface area contributed by atoms with Gasteiger partial charge < -0.3 is 88.7 Å². The number of unbranched alkanes of at least 4 members (excludes halogenated alkanes) is 49. The first-order valence-electron chi connectivity index (χ1n) is 50.1. The fourth-order valence-electron chi connectivity index (χ4n) is 17.0. The van der Waals surface area contributed by atoms with E-state index in [4.69, 9.17) is 46.9 Å². The van der Waals surface area contributed by atoms with Gasteiger partial charge in [0.2, 0.25) is 0 Å². The van der Waals surface area contributed by atoms with Crippen LogP contribution in [0.3, 0.4) is 0 Å². The Bertz CT molecular complexity index is 2560. The van der Waals surface area contributed by atoms with Crippen LogP contribution in [0.2, 0.25) is 0 Å². The lowest BCUT2D eigenvalue weighted by Gasteiger charge is -2.50. The SMILES string of the molecule is CCCCCCCCCCCCCCCCCCC(=O)OCC(COP(=O)(O)OC1C(OC2OC(CO)C(O)C(O)C2O)C(O)C(O)C(OC(=O)CCCCCCCCC(C)CCCCCCCC)C1OC1OC(COC(=O)CCCCCCCCC(C)CCCCCCCC)C(O)C(O)C1O)OC(=O)CCCCCCCCCCCCCCCCC. The molecule has 3 aliphatic rings. The second kappa shape index (κ2) is 73.2. The Labute approximate surface area is 738 Å². The monoisotopic (exact) mass is 1770 g/mol. The van der Waals surface area contributed by atoms with Crippen molar-refractivity contribution in [1.82, 2.24) is 0 Å². The van der Waals surface area contributed by atoms with Crippen molar-refractivity contribution in [3.8, 4) is 0 Å². The van der Waals surface area contributed by atoms with Crippen molar-refractivity contribution in [3.63, 3.8) is 0 Å². The Kier molecular flexibility index (Phi) is 68.2. The smallest absolute Gasteiger partial charge is 0.463 e.